The lowest BCUT2D eigenvalue weighted by Gasteiger charge is -2.31. The minimum absolute atomic E-state index is 0.00213. The predicted molar refractivity (Wildman–Crippen MR) is 241 cm³/mol. The number of hydrogen-bond acceptors (Lipinski definition) is 11. The molecular formula is C48H73N5O10. The van der Waals surface area contributed by atoms with Crippen molar-refractivity contribution < 1.29 is 47.8 Å². The van der Waals surface area contributed by atoms with Gasteiger partial charge in [0.1, 0.15) is 48.0 Å². The zero-order valence-electron chi connectivity index (χ0n) is 39.4. The highest BCUT2D eigenvalue weighted by Crippen LogP contribution is 2.21. The third-order valence-corrected chi connectivity index (χ3v) is 10.6. The summed E-state index contributed by atoms with van der Waals surface area (Å²) in [4.78, 5) is 94.9. The van der Waals surface area contributed by atoms with Crippen LogP contribution in [0.4, 0.5) is 0 Å². The fourth-order valence-electron chi connectivity index (χ4n) is 6.53. The van der Waals surface area contributed by atoms with Crippen LogP contribution in [0.5, 0.6) is 5.75 Å². The Balaban J connectivity index is 2.44. The second-order valence-electron chi connectivity index (χ2n) is 17.9. The molecule has 2 aromatic rings. The van der Waals surface area contributed by atoms with Crippen LogP contribution in [-0.4, -0.2) is 91.3 Å². The molecule has 2 rings (SSSR count). The van der Waals surface area contributed by atoms with Crippen LogP contribution >= 0.6 is 0 Å². The normalized spacial score (nSPS) is 14.8. The van der Waals surface area contributed by atoms with Crippen molar-refractivity contribution >= 4 is 41.4 Å². The Hall–Kier alpha value is -5.31. The molecule has 0 bridgehead atoms. The number of esters is 2. The molecule has 0 fully saturated rings. The van der Waals surface area contributed by atoms with Gasteiger partial charge in [-0.1, -0.05) is 90.4 Å². The minimum Gasteiger partial charge on any atom is -0.488 e. The van der Waals surface area contributed by atoms with Crippen LogP contribution in [0.15, 0.2) is 54.6 Å². The Labute approximate surface area is 374 Å². The van der Waals surface area contributed by atoms with Gasteiger partial charge in [0.15, 0.2) is 0 Å². The Morgan fingerprint density at radius 2 is 1.32 bits per heavy atom. The van der Waals surface area contributed by atoms with Crippen LogP contribution in [0, 0.1) is 23.7 Å². The van der Waals surface area contributed by atoms with Crippen molar-refractivity contribution in [3.63, 3.8) is 0 Å². The van der Waals surface area contributed by atoms with E-state index in [1.807, 2.05) is 84.0 Å². The summed E-state index contributed by atoms with van der Waals surface area (Å²) >= 11 is 0. The summed E-state index contributed by atoms with van der Waals surface area (Å²) in [7, 11) is 3.11. The van der Waals surface area contributed by atoms with E-state index in [0.29, 0.717) is 18.6 Å². The first-order chi connectivity index (χ1) is 29.6. The van der Waals surface area contributed by atoms with Gasteiger partial charge in [0.2, 0.25) is 23.6 Å². The molecule has 63 heavy (non-hydrogen) atoms. The van der Waals surface area contributed by atoms with Crippen LogP contribution in [0.1, 0.15) is 112 Å². The average molecular weight is 880 g/mol. The molecule has 0 aliphatic carbocycles. The molecule has 0 aliphatic heterocycles. The molecule has 5 N–H and O–H groups in total. The second kappa shape index (κ2) is 26.3. The fraction of sp³-hybridized carbons (Fsp3) is 0.604. The molecule has 15 heteroatoms. The topological polar surface area (TPSA) is 207 Å². The maximum absolute atomic E-state index is 14.3. The summed E-state index contributed by atoms with van der Waals surface area (Å²) in [6.07, 6.45) is -0.642. The van der Waals surface area contributed by atoms with E-state index in [1.165, 1.54) is 14.0 Å². The Morgan fingerprint density at radius 3 is 1.86 bits per heavy atom. The van der Waals surface area contributed by atoms with E-state index >= 15 is 0 Å². The molecule has 0 saturated carbocycles. The fourth-order valence-corrected chi connectivity index (χ4v) is 6.53. The van der Waals surface area contributed by atoms with Crippen molar-refractivity contribution in [2.24, 2.45) is 23.7 Å². The maximum Gasteiger partial charge on any atom is 0.329 e. The lowest BCUT2D eigenvalue weighted by Crippen LogP contribution is -2.59. The van der Waals surface area contributed by atoms with E-state index in [0.717, 1.165) is 11.1 Å². The standard InChI is InChI=1S/C48H73N5O10/c1-13-31(6)41(52-44(57)37(49-11)26-33-19-22-36(23-20-33)63-48(8,9)10)47(60)62-32(7)42(53-43(56)35(21-24-40(55)50-12)27-39(54)30(4)5)45(58)51-38(25-29(2)3)46(59)61-28-34-17-15-14-16-18-34/h14-20,22-23,29-32,35,37-38,41-42,49H,13,21,24-28H2,1-12H3,(H,50,55)(H,51,58)(H,52,57)(H,53,56)/t31-,32+,35+,37-,38-,41-,42-/m0/s1. The van der Waals surface area contributed by atoms with Crippen molar-refractivity contribution in [1.82, 2.24) is 26.6 Å². The van der Waals surface area contributed by atoms with Gasteiger partial charge in [-0.15, -0.1) is 0 Å². The Kier molecular flexibility index (Phi) is 22.5. The predicted octanol–water partition coefficient (Wildman–Crippen LogP) is 4.97. The van der Waals surface area contributed by atoms with Crippen molar-refractivity contribution in [3.05, 3.63) is 65.7 Å². The van der Waals surface area contributed by atoms with Crippen molar-refractivity contribution in [3.8, 4) is 5.75 Å². The molecule has 2 aromatic carbocycles. The van der Waals surface area contributed by atoms with Crippen molar-refractivity contribution in [2.75, 3.05) is 14.1 Å². The number of ether oxygens (including phenoxy) is 3. The lowest BCUT2D eigenvalue weighted by molar-refractivity contribution is -0.158. The molecule has 0 radical (unpaired) electrons. The first-order valence-electron chi connectivity index (χ1n) is 22.1. The SMILES string of the molecule is CC[C@H](C)[C@H](NC(=O)[C@H](Cc1ccc(OC(C)(C)C)cc1)NC)C(=O)O[C@H](C)[C@H](NC(=O)[C@H](CCC(=O)NC)CC(=O)C(C)C)C(=O)N[C@@H](CC(C)C)C(=O)OCc1ccccc1. The molecular weight excluding hydrogens is 807 g/mol. The molecule has 0 heterocycles. The summed E-state index contributed by atoms with van der Waals surface area (Å²) < 4.78 is 17.5. The number of rotatable bonds is 26. The molecule has 0 unspecified atom stereocenters. The molecule has 7 atom stereocenters. The molecule has 15 nitrogen and oxygen atoms in total. The highest BCUT2D eigenvalue weighted by Gasteiger charge is 2.38. The number of carbonyl (C=O) groups is 7. The van der Waals surface area contributed by atoms with Crippen LogP contribution in [0.25, 0.3) is 0 Å². The second-order valence-corrected chi connectivity index (χ2v) is 17.9. The van der Waals surface area contributed by atoms with Gasteiger partial charge < -0.3 is 40.8 Å². The van der Waals surface area contributed by atoms with Crippen LogP contribution in [0.3, 0.4) is 0 Å². The summed E-state index contributed by atoms with van der Waals surface area (Å²) in [5.74, 6) is -5.31. The number of nitrogens with one attached hydrogen (secondary N) is 5. The van der Waals surface area contributed by atoms with E-state index in [2.05, 4.69) is 26.6 Å². The highest BCUT2D eigenvalue weighted by atomic mass is 16.5. The summed E-state index contributed by atoms with van der Waals surface area (Å²) in [6, 6.07) is 11.9. The lowest BCUT2D eigenvalue weighted by atomic mass is 9.91. The first-order valence-corrected chi connectivity index (χ1v) is 22.1. The number of likely N-dealkylation sites (N-methyl/N-ethyl adjacent to an activating group) is 1. The summed E-state index contributed by atoms with van der Waals surface area (Å²) in [6.45, 7) is 18.0. The monoisotopic (exact) mass is 880 g/mol. The Bertz CT molecular complexity index is 1790. The molecule has 4 amide bonds. The van der Waals surface area contributed by atoms with Crippen molar-refractivity contribution in [1.29, 1.82) is 0 Å². The molecule has 0 saturated heterocycles. The molecule has 0 aliphatic rings. The van der Waals surface area contributed by atoms with Gasteiger partial charge in [-0.2, -0.15) is 0 Å². The first kappa shape index (κ1) is 53.8. The smallest absolute Gasteiger partial charge is 0.329 e. The third-order valence-electron chi connectivity index (χ3n) is 10.6. The van der Waals surface area contributed by atoms with Crippen LogP contribution in [0.2, 0.25) is 0 Å². The summed E-state index contributed by atoms with van der Waals surface area (Å²) in [5, 5.41) is 13.8. The van der Waals surface area contributed by atoms with Gasteiger partial charge in [-0.3, -0.25) is 24.0 Å². The number of benzene rings is 2. The van der Waals surface area contributed by atoms with Gasteiger partial charge in [0, 0.05) is 31.7 Å². The Morgan fingerprint density at radius 1 is 0.698 bits per heavy atom. The van der Waals surface area contributed by atoms with Crippen LogP contribution < -0.4 is 31.3 Å². The molecule has 350 valence electrons. The van der Waals surface area contributed by atoms with Crippen molar-refractivity contribution in [2.45, 2.75) is 150 Å². The van der Waals surface area contributed by atoms with Gasteiger partial charge in [-0.05, 0) is 89.1 Å². The zero-order chi connectivity index (χ0) is 47.4. The zero-order valence-corrected chi connectivity index (χ0v) is 39.4. The van der Waals surface area contributed by atoms with Gasteiger partial charge in [0.25, 0.3) is 0 Å². The average Bonchev–Trinajstić information content (AvgIpc) is 3.23. The molecule has 0 spiro atoms. The van der Waals surface area contributed by atoms with Gasteiger partial charge in [0.05, 0.1) is 6.04 Å². The third kappa shape index (κ3) is 19.3. The largest absolute Gasteiger partial charge is 0.488 e. The highest BCUT2D eigenvalue weighted by molar-refractivity contribution is 5.94. The van der Waals surface area contributed by atoms with Gasteiger partial charge in [-0.25, -0.2) is 9.59 Å². The van der Waals surface area contributed by atoms with E-state index in [9.17, 15) is 33.6 Å². The number of Topliss-reactive ketones (excluding diaryl/α,β-unsaturated/α-hetero) is 1. The molecule has 0 aromatic heterocycles. The number of ketones is 1. The van der Waals surface area contributed by atoms with E-state index < -0.39 is 77.7 Å². The number of hydrogen-bond donors (Lipinski definition) is 5. The quantitative estimate of drug-likeness (QED) is 0.0798. The number of amides is 4. The van der Waals surface area contributed by atoms with E-state index in [1.54, 1.807) is 40.0 Å². The van der Waals surface area contributed by atoms with E-state index in [-0.39, 0.29) is 55.5 Å². The van der Waals surface area contributed by atoms with E-state index in [4.69, 9.17) is 14.2 Å². The minimum atomic E-state index is -1.57. The maximum atomic E-state index is 14.3. The number of carbonyl (C=O) groups excluding carboxylic acids is 7. The summed E-state index contributed by atoms with van der Waals surface area (Å²) in [5.41, 5.74) is 1.22. The van der Waals surface area contributed by atoms with Gasteiger partial charge >= 0.3 is 11.9 Å². The van der Waals surface area contributed by atoms with Crippen LogP contribution in [-0.2, 0) is 56.1 Å².